The van der Waals surface area contributed by atoms with E-state index in [1.165, 1.54) is 11.8 Å². The lowest BCUT2D eigenvalue weighted by Crippen LogP contribution is -2.15. The van der Waals surface area contributed by atoms with E-state index < -0.39 is 0 Å². The topological polar surface area (TPSA) is 30.5 Å². The Hall–Kier alpha value is -0.790. The summed E-state index contributed by atoms with van der Waals surface area (Å²) in [6.45, 7) is 5.15. The van der Waals surface area contributed by atoms with Crippen molar-refractivity contribution in [1.82, 2.24) is 5.32 Å². The highest BCUT2D eigenvalue weighted by molar-refractivity contribution is 8.27. The molecule has 1 aliphatic heterocycles. The van der Waals surface area contributed by atoms with E-state index in [0.717, 1.165) is 16.0 Å². The molecule has 2 rings (SSSR count). The van der Waals surface area contributed by atoms with Crippen molar-refractivity contribution in [3.8, 4) is 0 Å². The molecule has 0 unspecified atom stereocenters. The first-order valence-corrected chi connectivity index (χ1v) is 8.35. The van der Waals surface area contributed by atoms with Gasteiger partial charge < -0.3 is 14.8 Å². The predicted molar refractivity (Wildman–Crippen MR) is 96.3 cm³/mol. The second-order valence-corrected chi connectivity index (χ2v) is 6.39. The van der Waals surface area contributed by atoms with E-state index >= 15 is 0 Å². The third-order valence-electron chi connectivity index (χ3n) is 2.78. The van der Waals surface area contributed by atoms with Gasteiger partial charge in [0.25, 0.3) is 0 Å². The minimum Gasteiger partial charge on any atom is -0.349 e. The van der Waals surface area contributed by atoms with Crippen LogP contribution in [-0.4, -0.2) is 22.5 Å². The predicted octanol–water partition coefficient (Wildman–Crippen LogP) is 4.05. The Morgan fingerprint density at radius 1 is 1.14 bits per heavy atom. The maximum Gasteiger partial charge on any atom is 0.183 e. The normalized spacial score (nSPS) is 16.8. The molecule has 112 valence electrons. The number of thioether (sulfide) groups is 1. The largest absolute Gasteiger partial charge is 0.349 e. The molecular weight excluding hydrogens is 322 g/mol. The van der Waals surface area contributed by atoms with Gasteiger partial charge in [-0.25, -0.2) is 0 Å². The van der Waals surface area contributed by atoms with Gasteiger partial charge in [-0.15, -0.1) is 0 Å². The molecule has 0 aliphatic carbocycles. The van der Waals surface area contributed by atoms with Gasteiger partial charge in [-0.3, -0.25) is 0 Å². The van der Waals surface area contributed by atoms with Crippen LogP contribution in [0.15, 0.2) is 29.2 Å². The van der Waals surface area contributed by atoms with Crippen molar-refractivity contribution in [1.29, 1.82) is 0 Å². The highest BCUT2D eigenvalue weighted by Gasteiger charge is 2.18. The summed E-state index contributed by atoms with van der Waals surface area (Å²) in [6, 6.07) is 8.07. The molecule has 1 aromatic rings. The average Bonchev–Trinajstić information content (AvgIpc) is 2.77. The number of thiocarbonyl (C=S) groups is 2. The number of hydrogen-bond acceptors (Lipinski definition) is 5. The van der Waals surface area contributed by atoms with Crippen LogP contribution in [0.3, 0.4) is 0 Å². The zero-order valence-corrected chi connectivity index (χ0v) is 14.4. The fraction of sp³-hybridized carbons (Fsp3) is 0.333. The second kappa shape index (κ2) is 8.00. The van der Waals surface area contributed by atoms with Crippen molar-refractivity contribution in [3.63, 3.8) is 0 Å². The Labute approximate surface area is 140 Å². The molecule has 1 saturated heterocycles. The van der Waals surface area contributed by atoms with Crippen LogP contribution in [0.1, 0.15) is 31.3 Å². The SMILES string of the molecule is CCOC(OCC)c1ccc(C=C2SC(=S)NC2=S)cc1. The summed E-state index contributed by atoms with van der Waals surface area (Å²) < 4.78 is 11.9. The maximum atomic E-state index is 5.58. The first-order chi connectivity index (χ1) is 10.1. The maximum absolute atomic E-state index is 5.58. The summed E-state index contributed by atoms with van der Waals surface area (Å²) in [5.41, 5.74) is 2.08. The van der Waals surface area contributed by atoms with Crippen molar-refractivity contribution >= 4 is 51.6 Å². The molecule has 1 N–H and O–H groups in total. The van der Waals surface area contributed by atoms with E-state index in [1.807, 2.05) is 44.2 Å². The third-order valence-corrected chi connectivity index (χ3v) is 4.42. The number of nitrogens with one attached hydrogen (secondary N) is 1. The van der Waals surface area contributed by atoms with E-state index in [4.69, 9.17) is 33.9 Å². The van der Waals surface area contributed by atoms with Crippen LogP contribution in [0.25, 0.3) is 6.08 Å². The van der Waals surface area contributed by atoms with Gasteiger partial charge in [0.15, 0.2) is 6.29 Å². The summed E-state index contributed by atoms with van der Waals surface area (Å²) in [6.07, 6.45) is 1.72. The van der Waals surface area contributed by atoms with Crippen molar-refractivity contribution < 1.29 is 9.47 Å². The van der Waals surface area contributed by atoms with Crippen molar-refractivity contribution in [2.24, 2.45) is 0 Å². The van der Waals surface area contributed by atoms with Gasteiger partial charge in [0.1, 0.15) is 9.31 Å². The van der Waals surface area contributed by atoms with Gasteiger partial charge in [0.2, 0.25) is 0 Å². The van der Waals surface area contributed by atoms with E-state index in [1.54, 1.807) is 0 Å². The van der Waals surface area contributed by atoms with E-state index in [-0.39, 0.29) is 6.29 Å². The lowest BCUT2D eigenvalue weighted by molar-refractivity contribution is -0.140. The van der Waals surface area contributed by atoms with Gasteiger partial charge in [0, 0.05) is 23.7 Å². The van der Waals surface area contributed by atoms with E-state index in [9.17, 15) is 0 Å². The summed E-state index contributed by atoms with van der Waals surface area (Å²) in [7, 11) is 0. The molecule has 1 heterocycles. The lowest BCUT2D eigenvalue weighted by atomic mass is 10.1. The first kappa shape index (κ1) is 16.6. The Morgan fingerprint density at radius 3 is 2.24 bits per heavy atom. The van der Waals surface area contributed by atoms with Gasteiger partial charge >= 0.3 is 0 Å². The molecule has 0 bridgehead atoms. The van der Waals surface area contributed by atoms with Crippen LogP contribution >= 0.6 is 36.2 Å². The first-order valence-electron chi connectivity index (χ1n) is 6.72. The number of rotatable bonds is 6. The fourth-order valence-electron chi connectivity index (χ4n) is 1.87. The average molecular weight is 340 g/mol. The molecule has 0 radical (unpaired) electrons. The highest BCUT2D eigenvalue weighted by Crippen LogP contribution is 2.27. The van der Waals surface area contributed by atoms with Gasteiger partial charge in [-0.05, 0) is 25.5 Å². The molecular formula is C15H17NO2S3. The molecule has 21 heavy (non-hydrogen) atoms. The van der Waals surface area contributed by atoms with Crippen LogP contribution in [0.5, 0.6) is 0 Å². The van der Waals surface area contributed by atoms with E-state index in [2.05, 4.69) is 5.32 Å². The summed E-state index contributed by atoms with van der Waals surface area (Å²) >= 11 is 11.8. The molecule has 1 aromatic carbocycles. The zero-order valence-electron chi connectivity index (χ0n) is 11.9. The molecule has 0 aromatic heterocycles. The van der Waals surface area contributed by atoms with Crippen LogP contribution in [-0.2, 0) is 9.47 Å². The van der Waals surface area contributed by atoms with Crippen LogP contribution in [0.4, 0.5) is 0 Å². The second-order valence-electron chi connectivity index (χ2n) is 4.26. The van der Waals surface area contributed by atoms with Gasteiger partial charge in [0.05, 0.1) is 0 Å². The highest BCUT2D eigenvalue weighted by atomic mass is 32.2. The minimum atomic E-state index is -0.308. The summed E-state index contributed by atoms with van der Waals surface area (Å²) in [4.78, 5) is 1.67. The van der Waals surface area contributed by atoms with Crippen molar-refractivity contribution in [2.75, 3.05) is 13.2 Å². The summed E-state index contributed by atoms with van der Waals surface area (Å²) in [5.74, 6) is 0. The molecule has 1 fully saturated rings. The lowest BCUT2D eigenvalue weighted by Gasteiger charge is -2.17. The molecule has 0 saturated carbocycles. The number of benzene rings is 1. The Morgan fingerprint density at radius 2 is 1.76 bits per heavy atom. The van der Waals surface area contributed by atoms with Crippen LogP contribution in [0.2, 0.25) is 0 Å². The zero-order chi connectivity index (χ0) is 15.2. The monoisotopic (exact) mass is 339 g/mol. The number of hydrogen-bond donors (Lipinski definition) is 1. The Balaban J connectivity index is 2.13. The van der Waals surface area contributed by atoms with Crippen LogP contribution in [0, 0.1) is 0 Å². The van der Waals surface area contributed by atoms with Crippen molar-refractivity contribution in [3.05, 3.63) is 40.3 Å². The van der Waals surface area contributed by atoms with Crippen LogP contribution < -0.4 is 5.32 Å². The Bertz CT molecular complexity index is 549. The van der Waals surface area contributed by atoms with Crippen molar-refractivity contribution in [2.45, 2.75) is 20.1 Å². The standard InChI is InChI=1S/C15H17NO2S3/c1-3-17-14(18-4-2)11-7-5-10(6-8-11)9-12-13(19)16-15(20)21-12/h5-9,14H,3-4H2,1-2H3,(H,16,19,20). The summed E-state index contributed by atoms with van der Waals surface area (Å²) in [5, 5.41) is 2.97. The molecule has 3 nitrogen and oxygen atoms in total. The van der Waals surface area contributed by atoms with Gasteiger partial charge in [-0.1, -0.05) is 60.5 Å². The molecule has 0 spiro atoms. The Kier molecular flexibility index (Phi) is 6.32. The molecule has 6 heteroatoms. The third kappa shape index (κ3) is 4.59. The van der Waals surface area contributed by atoms with Gasteiger partial charge in [-0.2, -0.15) is 0 Å². The molecule has 0 atom stereocenters. The van der Waals surface area contributed by atoms with E-state index in [0.29, 0.717) is 22.5 Å². The molecule has 0 amide bonds. The quantitative estimate of drug-likeness (QED) is 0.478. The smallest absolute Gasteiger partial charge is 0.183 e. The fourth-order valence-corrected chi connectivity index (χ4v) is 3.34. The molecule has 1 aliphatic rings. The number of ether oxygens (including phenoxy) is 2. The minimum absolute atomic E-state index is 0.308.